The van der Waals surface area contributed by atoms with Gasteiger partial charge in [-0.15, -0.1) is 0 Å². The van der Waals surface area contributed by atoms with Crippen LogP contribution in [-0.4, -0.2) is 18.1 Å². The van der Waals surface area contributed by atoms with Crippen LogP contribution in [0.15, 0.2) is 54.6 Å². The normalized spacial score (nSPS) is 26.0. The van der Waals surface area contributed by atoms with Crippen molar-refractivity contribution >= 4 is 19.2 Å². The largest absolute Gasteiger partial charge is 0.508 e. The van der Waals surface area contributed by atoms with Crippen molar-refractivity contribution in [2.24, 2.45) is 0 Å². The molecule has 1 aliphatic heterocycles. The fourth-order valence-corrected chi connectivity index (χ4v) is 7.54. The first-order chi connectivity index (χ1) is 17.7. The number of rotatable bonds is 6. The van der Waals surface area contributed by atoms with Gasteiger partial charge in [-0.2, -0.15) is 0 Å². The molecule has 194 valence electrons. The molecule has 3 aromatic carbocycles. The van der Waals surface area contributed by atoms with E-state index in [1.807, 2.05) is 36.4 Å². The predicted molar refractivity (Wildman–Crippen MR) is 145 cm³/mol. The van der Waals surface area contributed by atoms with Crippen molar-refractivity contribution < 1.29 is 23.5 Å². The first kappa shape index (κ1) is 25.0. The summed E-state index contributed by atoms with van der Waals surface area (Å²) >= 11 is 6.13. The Labute approximate surface area is 223 Å². The molecule has 1 unspecified atom stereocenters. The summed E-state index contributed by atoms with van der Waals surface area (Å²) in [4.78, 5) is 0. The van der Waals surface area contributed by atoms with Gasteiger partial charge in [-0.3, -0.25) is 9.09 Å². The Kier molecular flexibility index (Phi) is 6.40. The van der Waals surface area contributed by atoms with Gasteiger partial charge in [0.1, 0.15) is 11.5 Å². The van der Waals surface area contributed by atoms with Crippen LogP contribution in [0.3, 0.4) is 0 Å². The predicted octanol–water partition coefficient (Wildman–Crippen LogP) is 8.19. The Bertz CT molecular complexity index is 1400. The molecule has 3 aliphatic rings. The van der Waals surface area contributed by atoms with Crippen molar-refractivity contribution in [1.82, 2.24) is 0 Å². The van der Waals surface area contributed by atoms with Gasteiger partial charge in [-0.05, 0) is 96.2 Å². The highest BCUT2D eigenvalue weighted by molar-refractivity contribution is 7.53. The van der Waals surface area contributed by atoms with E-state index >= 15 is 0 Å². The number of hydrogen-bond donors (Lipinski definition) is 1. The summed E-state index contributed by atoms with van der Waals surface area (Å²) in [7, 11) is -3.42. The lowest BCUT2D eigenvalue weighted by atomic mass is 9.86. The highest BCUT2D eigenvalue weighted by Crippen LogP contribution is 2.56. The minimum Gasteiger partial charge on any atom is -0.508 e. The fourth-order valence-electron chi connectivity index (χ4n) is 5.84. The maximum atomic E-state index is 13.4. The SMILES string of the molecule is Cc1cc(OCP2(=O)OCC[C@@H](c3cccc(Cl)c3)O2)cc2c1[C@@H](c1ccc(O)c(C3(C)CC3)c1)CC2. The molecule has 0 bridgehead atoms. The Morgan fingerprint density at radius 1 is 1.11 bits per heavy atom. The van der Waals surface area contributed by atoms with E-state index in [-0.39, 0.29) is 17.9 Å². The molecule has 0 amide bonds. The number of fused-ring (bicyclic) bond motifs is 1. The monoisotopic (exact) mass is 538 g/mol. The number of phenols is 1. The van der Waals surface area contributed by atoms with Gasteiger partial charge in [-0.1, -0.05) is 42.8 Å². The van der Waals surface area contributed by atoms with Crippen LogP contribution >= 0.6 is 19.2 Å². The molecule has 2 fully saturated rings. The maximum Gasteiger partial charge on any atom is 0.368 e. The van der Waals surface area contributed by atoms with Crippen LogP contribution in [0.4, 0.5) is 0 Å². The third kappa shape index (κ3) is 4.95. The second-order valence-corrected chi connectivity index (χ2v) is 13.3. The van der Waals surface area contributed by atoms with Gasteiger partial charge in [0, 0.05) is 22.9 Å². The lowest BCUT2D eigenvalue weighted by Crippen LogP contribution is -2.17. The number of benzene rings is 3. The summed E-state index contributed by atoms with van der Waals surface area (Å²) in [5.74, 6) is 1.38. The lowest BCUT2D eigenvalue weighted by molar-refractivity contribution is 0.0725. The molecule has 0 aromatic heterocycles. The first-order valence-corrected chi connectivity index (χ1v) is 15.1. The summed E-state index contributed by atoms with van der Waals surface area (Å²) in [5.41, 5.74) is 7.09. The number of aromatic hydroxyl groups is 1. The molecule has 0 radical (unpaired) electrons. The molecule has 1 saturated heterocycles. The number of hydrogen-bond acceptors (Lipinski definition) is 5. The number of ether oxygens (including phenoxy) is 1. The van der Waals surface area contributed by atoms with Crippen LogP contribution in [0.1, 0.15) is 78.0 Å². The van der Waals surface area contributed by atoms with E-state index in [9.17, 15) is 9.67 Å². The quantitative estimate of drug-likeness (QED) is 0.320. The smallest absolute Gasteiger partial charge is 0.368 e. The Hall–Kier alpha value is -2.30. The van der Waals surface area contributed by atoms with Crippen molar-refractivity contribution in [3.63, 3.8) is 0 Å². The van der Waals surface area contributed by atoms with Gasteiger partial charge in [0.05, 0.1) is 12.7 Å². The van der Waals surface area contributed by atoms with E-state index in [0.29, 0.717) is 35.5 Å². The average molecular weight is 539 g/mol. The zero-order valence-corrected chi connectivity index (χ0v) is 22.9. The number of phenolic OH excluding ortho intramolecular Hbond substituents is 1. The minimum atomic E-state index is -3.42. The summed E-state index contributed by atoms with van der Waals surface area (Å²) in [5, 5.41) is 11.1. The first-order valence-electron chi connectivity index (χ1n) is 13.0. The summed E-state index contributed by atoms with van der Waals surface area (Å²) in [6.07, 6.45) is 4.37. The summed E-state index contributed by atoms with van der Waals surface area (Å²) in [6, 6.07) is 17.7. The minimum absolute atomic E-state index is 0.112. The topological polar surface area (TPSA) is 65.0 Å². The highest BCUT2D eigenvalue weighted by Gasteiger charge is 2.41. The molecule has 1 N–H and O–H groups in total. The molecule has 6 rings (SSSR count). The van der Waals surface area contributed by atoms with E-state index in [0.717, 1.165) is 42.4 Å². The van der Waals surface area contributed by atoms with Crippen molar-refractivity contribution in [3.05, 3.63) is 93.0 Å². The third-order valence-electron chi connectivity index (χ3n) is 8.14. The van der Waals surface area contributed by atoms with Crippen molar-refractivity contribution in [1.29, 1.82) is 0 Å². The molecule has 3 atom stereocenters. The van der Waals surface area contributed by atoms with Crippen LogP contribution in [-0.2, 0) is 25.4 Å². The number of aryl methyl sites for hydroxylation is 2. The van der Waals surface area contributed by atoms with Crippen molar-refractivity contribution in [3.8, 4) is 11.5 Å². The average Bonchev–Trinajstić information content (AvgIpc) is 3.47. The molecule has 37 heavy (non-hydrogen) atoms. The number of halogens is 1. The van der Waals surface area contributed by atoms with Gasteiger partial charge >= 0.3 is 7.60 Å². The van der Waals surface area contributed by atoms with E-state index < -0.39 is 7.60 Å². The van der Waals surface area contributed by atoms with E-state index in [2.05, 4.69) is 32.0 Å². The lowest BCUT2D eigenvalue weighted by Gasteiger charge is -2.30. The maximum absolute atomic E-state index is 13.4. The van der Waals surface area contributed by atoms with Crippen molar-refractivity contribution in [2.75, 3.05) is 13.0 Å². The highest BCUT2D eigenvalue weighted by atomic mass is 35.5. The molecule has 3 aromatic rings. The summed E-state index contributed by atoms with van der Waals surface area (Å²) in [6.45, 7) is 4.68. The molecule has 1 heterocycles. The van der Waals surface area contributed by atoms with Crippen LogP contribution in [0.2, 0.25) is 5.02 Å². The van der Waals surface area contributed by atoms with Gasteiger partial charge in [0.15, 0.2) is 6.35 Å². The van der Waals surface area contributed by atoms with E-state index in [1.165, 1.54) is 16.7 Å². The Morgan fingerprint density at radius 3 is 2.73 bits per heavy atom. The zero-order chi connectivity index (χ0) is 25.8. The Morgan fingerprint density at radius 2 is 1.95 bits per heavy atom. The molecule has 5 nitrogen and oxygen atoms in total. The van der Waals surface area contributed by atoms with Crippen LogP contribution < -0.4 is 4.74 Å². The van der Waals surface area contributed by atoms with Gasteiger partial charge in [0.2, 0.25) is 0 Å². The fraction of sp³-hybridized carbons (Fsp3) is 0.400. The van der Waals surface area contributed by atoms with Gasteiger partial charge < -0.3 is 14.4 Å². The standard InChI is InChI=1S/C30H32ClO5P/c1-19-14-24(34-18-37(33)35-13-10-28(36-37)21-4-3-5-23(31)15-21)16-22-6-8-25(29(19)22)20-7-9-27(32)26(17-20)30(2)11-12-30/h3-5,7,9,14-17,25,28,32H,6,8,10-13,18H2,1-2H3/t25-,28+,37?/m1/s1. The van der Waals surface area contributed by atoms with Crippen LogP contribution in [0.25, 0.3) is 0 Å². The third-order valence-corrected chi connectivity index (χ3v) is 9.97. The molecule has 7 heteroatoms. The second-order valence-electron chi connectivity index (χ2n) is 10.9. The second kappa shape index (κ2) is 9.47. The molecular weight excluding hydrogens is 507 g/mol. The van der Waals surface area contributed by atoms with Crippen LogP contribution in [0.5, 0.6) is 11.5 Å². The van der Waals surface area contributed by atoms with Gasteiger partial charge in [0.25, 0.3) is 0 Å². The Balaban J connectivity index is 1.18. The van der Waals surface area contributed by atoms with Crippen LogP contribution in [0, 0.1) is 6.92 Å². The molecular formula is C30H32ClO5P. The van der Waals surface area contributed by atoms with E-state index in [1.54, 1.807) is 0 Å². The van der Waals surface area contributed by atoms with Crippen molar-refractivity contribution in [2.45, 2.75) is 63.4 Å². The molecule has 0 spiro atoms. The zero-order valence-electron chi connectivity index (χ0n) is 21.2. The van der Waals surface area contributed by atoms with E-state index in [4.69, 9.17) is 25.4 Å². The van der Waals surface area contributed by atoms with Gasteiger partial charge in [-0.25, -0.2) is 0 Å². The summed E-state index contributed by atoms with van der Waals surface area (Å²) < 4.78 is 30.9. The molecule has 2 aliphatic carbocycles. The molecule has 1 saturated carbocycles.